The van der Waals surface area contributed by atoms with Crippen LogP contribution in [0.4, 0.5) is 0 Å². The molecule has 0 fully saturated rings. The van der Waals surface area contributed by atoms with Crippen molar-refractivity contribution >= 4 is 5.97 Å². The topological polar surface area (TPSA) is 39.2 Å². The van der Waals surface area contributed by atoms with Gasteiger partial charge in [-0.15, -0.1) is 0 Å². The van der Waals surface area contributed by atoms with E-state index in [0.717, 1.165) is 37.1 Å². The summed E-state index contributed by atoms with van der Waals surface area (Å²) >= 11 is 0. The number of ether oxygens (including phenoxy) is 1. The summed E-state index contributed by atoms with van der Waals surface area (Å²) in [4.78, 5) is 16.0. The van der Waals surface area contributed by atoms with Crippen LogP contribution in [0.15, 0.2) is 18.2 Å². The Bertz CT molecular complexity index is 377. The fraction of sp³-hybridized carbons (Fsp3) is 0.600. The van der Waals surface area contributed by atoms with Gasteiger partial charge in [0.15, 0.2) is 0 Å². The van der Waals surface area contributed by atoms with E-state index in [9.17, 15) is 4.79 Å². The summed E-state index contributed by atoms with van der Waals surface area (Å²) in [6, 6.07) is 6.00. The Morgan fingerprint density at radius 1 is 1.44 bits per heavy atom. The Labute approximate surface area is 110 Å². The van der Waals surface area contributed by atoms with Gasteiger partial charge >= 0.3 is 5.97 Å². The molecule has 1 heterocycles. The van der Waals surface area contributed by atoms with E-state index in [1.807, 2.05) is 32.0 Å². The van der Waals surface area contributed by atoms with E-state index >= 15 is 0 Å². The van der Waals surface area contributed by atoms with Crippen molar-refractivity contribution < 1.29 is 9.53 Å². The predicted octanol–water partition coefficient (Wildman–Crippen LogP) is 3.30. The third-order valence-corrected chi connectivity index (χ3v) is 2.89. The van der Waals surface area contributed by atoms with Gasteiger partial charge in [0.2, 0.25) is 0 Å². The summed E-state index contributed by atoms with van der Waals surface area (Å²) in [7, 11) is 0. The molecule has 0 aliphatic carbocycles. The molecule has 1 unspecified atom stereocenters. The van der Waals surface area contributed by atoms with Crippen LogP contribution in [0.3, 0.4) is 0 Å². The molecule has 0 saturated heterocycles. The second-order valence-corrected chi connectivity index (χ2v) is 4.73. The van der Waals surface area contributed by atoms with Gasteiger partial charge in [-0.2, -0.15) is 0 Å². The zero-order valence-corrected chi connectivity index (χ0v) is 11.6. The van der Waals surface area contributed by atoms with Crippen molar-refractivity contribution in [2.75, 3.05) is 6.61 Å². The Morgan fingerprint density at radius 3 is 2.89 bits per heavy atom. The van der Waals surface area contributed by atoms with Crippen LogP contribution in [-0.2, 0) is 16.0 Å². The molecule has 0 N–H and O–H groups in total. The van der Waals surface area contributed by atoms with Gasteiger partial charge in [0.05, 0.1) is 12.5 Å². The van der Waals surface area contributed by atoms with E-state index in [2.05, 4.69) is 11.9 Å². The van der Waals surface area contributed by atoms with Crippen LogP contribution in [0, 0.1) is 12.8 Å². The quantitative estimate of drug-likeness (QED) is 0.550. The lowest BCUT2D eigenvalue weighted by Gasteiger charge is -2.10. The molecule has 1 aromatic heterocycles. The SMILES string of the molecule is CCCC(C)C(=O)OCCCc1cccc(C)n1. The second kappa shape index (κ2) is 7.85. The zero-order chi connectivity index (χ0) is 13.4. The minimum atomic E-state index is -0.0750. The molecule has 1 atom stereocenters. The summed E-state index contributed by atoms with van der Waals surface area (Å²) in [5, 5.41) is 0. The molecule has 1 rings (SSSR count). The summed E-state index contributed by atoms with van der Waals surface area (Å²) in [5.74, 6) is -0.0545. The first-order valence-electron chi connectivity index (χ1n) is 6.72. The van der Waals surface area contributed by atoms with E-state index in [0.29, 0.717) is 6.61 Å². The van der Waals surface area contributed by atoms with Crippen molar-refractivity contribution in [3.05, 3.63) is 29.6 Å². The number of carbonyl (C=O) groups excluding carboxylic acids is 1. The van der Waals surface area contributed by atoms with Crippen molar-refractivity contribution in [3.8, 4) is 0 Å². The first-order valence-corrected chi connectivity index (χ1v) is 6.72. The molecule has 0 aromatic carbocycles. The highest BCUT2D eigenvalue weighted by atomic mass is 16.5. The molecule has 3 nitrogen and oxygen atoms in total. The van der Waals surface area contributed by atoms with E-state index in [1.165, 1.54) is 0 Å². The van der Waals surface area contributed by atoms with Crippen molar-refractivity contribution in [1.29, 1.82) is 0 Å². The normalized spacial score (nSPS) is 12.2. The zero-order valence-electron chi connectivity index (χ0n) is 11.6. The maximum atomic E-state index is 11.6. The van der Waals surface area contributed by atoms with Gasteiger partial charge in [-0.3, -0.25) is 9.78 Å². The average Bonchev–Trinajstić information content (AvgIpc) is 2.35. The molecular formula is C15H23NO2. The monoisotopic (exact) mass is 249 g/mol. The van der Waals surface area contributed by atoms with Crippen LogP contribution < -0.4 is 0 Å². The fourth-order valence-electron chi connectivity index (χ4n) is 1.86. The van der Waals surface area contributed by atoms with Gasteiger partial charge in [0, 0.05) is 11.4 Å². The van der Waals surface area contributed by atoms with Crippen molar-refractivity contribution in [1.82, 2.24) is 4.98 Å². The minimum Gasteiger partial charge on any atom is -0.465 e. The van der Waals surface area contributed by atoms with E-state index < -0.39 is 0 Å². The number of pyridine rings is 1. The molecule has 0 saturated carbocycles. The molecule has 0 bridgehead atoms. The first kappa shape index (κ1) is 14.7. The number of hydrogen-bond acceptors (Lipinski definition) is 3. The van der Waals surface area contributed by atoms with Crippen LogP contribution in [0.1, 0.15) is 44.5 Å². The minimum absolute atomic E-state index is 0.0205. The highest BCUT2D eigenvalue weighted by Gasteiger charge is 2.12. The summed E-state index contributed by atoms with van der Waals surface area (Å²) in [6.07, 6.45) is 3.61. The number of aryl methyl sites for hydroxylation is 2. The standard InChI is InChI=1S/C15H23NO2/c1-4-7-12(2)15(17)18-11-6-10-14-9-5-8-13(3)16-14/h5,8-9,12H,4,6-7,10-11H2,1-3H3. The first-order chi connectivity index (χ1) is 8.63. The average molecular weight is 249 g/mol. The van der Waals surface area contributed by atoms with Crippen molar-refractivity contribution in [2.24, 2.45) is 5.92 Å². The third-order valence-electron chi connectivity index (χ3n) is 2.89. The Morgan fingerprint density at radius 2 is 2.22 bits per heavy atom. The molecule has 0 aliphatic heterocycles. The van der Waals surface area contributed by atoms with Gasteiger partial charge in [-0.05, 0) is 38.3 Å². The van der Waals surface area contributed by atoms with Gasteiger partial charge in [-0.1, -0.05) is 26.3 Å². The summed E-state index contributed by atoms with van der Waals surface area (Å²) in [5.41, 5.74) is 2.09. The Kier molecular flexibility index (Phi) is 6.40. The lowest BCUT2D eigenvalue weighted by Crippen LogP contribution is -2.15. The lowest BCUT2D eigenvalue weighted by atomic mass is 10.1. The number of aromatic nitrogens is 1. The Hall–Kier alpha value is -1.38. The molecule has 0 radical (unpaired) electrons. The molecule has 3 heteroatoms. The molecule has 18 heavy (non-hydrogen) atoms. The summed E-state index contributed by atoms with van der Waals surface area (Å²) in [6.45, 7) is 6.47. The molecular weight excluding hydrogens is 226 g/mol. The highest BCUT2D eigenvalue weighted by Crippen LogP contribution is 2.08. The third kappa shape index (κ3) is 5.30. The van der Waals surface area contributed by atoms with Crippen LogP contribution in [0.5, 0.6) is 0 Å². The Balaban J connectivity index is 2.21. The smallest absolute Gasteiger partial charge is 0.308 e. The van der Waals surface area contributed by atoms with Gasteiger partial charge in [0.25, 0.3) is 0 Å². The number of rotatable bonds is 7. The number of nitrogens with zero attached hydrogens (tertiary/aromatic N) is 1. The molecule has 0 aliphatic rings. The van der Waals surface area contributed by atoms with Gasteiger partial charge in [0.1, 0.15) is 0 Å². The summed E-state index contributed by atoms with van der Waals surface area (Å²) < 4.78 is 5.24. The van der Waals surface area contributed by atoms with Crippen LogP contribution in [0.25, 0.3) is 0 Å². The van der Waals surface area contributed by atoms with E-state index in [4.69, 9.17) is 4.74 Å². The van der Waals surface area contributed by atoms with Crippen LogP contribution in [0.2, 0.25) is 0 Å². The fourth-order valence-corrected chi connectivity index (χ4v) is 1.86. The number of carbonyl (C=O) groups is 1. The van der Waals surface area contributed by atoms with Crippen molar-refractivity contribution in [2.45, 2.75) is 46.5 Å². The number of esters is 1. The van der Waals surface area contributed by atoms with Crippen LogP contribution >= 0.6 is 0 Å². The molecule has 0 spiro atoms. The molecule has 1 aromatic rings. The lowest BCUT2D eigenvalue weighted by molar-refractivity contribution is -0.148. The largest absolute Gasteiger partial charge is 0.465 e. The predicted molar refractivity (Wildman–Crippen MR) is 72.3 cm³/mol. The van der Waals surface area contributed by atoms with Gasteiger partial charge < -0.3 is 4.74 Å². The maximum Gasteiger partial charge on any atom is 0.308 e. The number of hydrogen-bond donors (Lipinski definition) is 0. The molecule has 0 amide bonds. The highest BCUT2D eigenvalue weighted by molar-refractivity contribution is 5.71. The van der Waals surface area contributed by atoms with Crippen LogP contribution in [-0.4, -0.2) is 17.6 Å². The van der Waals surface area contributed by atoms with E-state index in [-0.39, 0.29) is 11.9 Å². The second-order valence-electron chi connectivity index (χ2n) is 4.73. The van der Waals surface area contributed by atoms with Crippen molar-refractivity contribution in [3.63, 3.8) is 0 Å². The maximum absolute atomic E-state index is 11.6. The molecule has 100 valence electrons. The van der Waals surface area contributed by atoms with Gasteiger partial charge in [-0.25, -0.2) is 0 Å². The van der Waals surface area contributed by atoms with E-state index in [1.54, 1.807) is 0 Å².